The SMILES string of the molecule is Cc1csc(Sc2nc3c(cc2C#N)CCC3)n1. The number of pyridine rings is 1. The van der Waals surface area contributed by atoms with Crippen molar-refractivity contribution in [2.24, 2.45) is 0 Å². The quantitative estimate of drug-likeness (QED) is 0.842. The van der Waals surface area contributed by atoms with Crippen LogP contribution in [0.3, 0.4) is 0 Å². The molecule has 2 aromatic heterocycles. The molecule has 0 saturated carbocycles. The van der Waals surface area contributed by atoms with E-state index in [2.05, 4.69) is 16.0 Å². The molecule has 3 nitrogen and oxygen atoms in total. The van der Waals surface area contributed by atoms with Crippen LogP contribution in [0.15, 0.2) is 20.8 Å². The maximum atomic E-state index is 9.21. The molecule has 0 radical (unpaired) electrons. The number of rotatable bonds is 2. The smallest absolute Gasteiger partial charge is 0.156 e. The Morgan fingerprint density at radius 3 is 3.00 bits per heavy atom. The van der Waals surface area contributed by atoms with E-state index in [1.807, 2.05) is 18.4 Å². The van der Waals surface area contributed by atoms with Crippen molar-refractivity contribution >= 4 is 23.1 Å². The second kappa shape index (κ2) is 4.71. The van der Waals surface area contributed by atoms with Gasteiger partial charge < -0.3 is 0 Å². The van der Waals surface area contributed by atoms with E-state index in [1.165, 1.54) is 17.3 Å². The summed E-state index contributed by atoms with van der Waals surface area (Å²) in [5, 5.41) is 12.0. The number of thiazole rings is 1. The first-order valence-electron chi connectivity index (χ1n) is 5.79. The molecule has 3 rings (SSSR count). The highest BCUT2D eigenvalue weighted by atomic mass is 32.2. The minimum absolute atomic E-state index is 0.675. The highest BCUT2D eigenvalue weighted by Crippen LogP contribution is 2.33. The van der Waals surface area contributed by atoms with Crippen molar-refractivity contribution in [3.63, 3.8) is 0 Å². The van der Waals surface area contributed by atoms with E-state index in [-0.39, 0.29) is 0 Å². The minimum Gasteiger partial charge on any atom is -0.244 e. The van der Waals surface area contributed by atoms with Gasteiger partial charge in [0.1, 0.15) is 11.1 Å². The number of aromatic nitrogens is 2. The molecule has 0 N–H and O–H groups in total. The third kappa shape index (κ3) is 2.14. The predicted octanol–water partition coefficient (Wildman–Crippen LogP) is 3.36. The summed E-state index contributed by atoms with van der Waals surface area (Å²) in [6.07, 6.45) is 3.24. The Bertz CT molecular complexity index is 640. The van der Waals surface area contributed by atoms with Gasteiger partial charge in [-0.2, -0.15) is 5.26 Å². The number of aryl methyl sites for hydroxylation is 3. The molecule has 0 aliphatic heterocycles. The molecule has 0 amide bonds. The van der Waals surface area contributed by atoms with Crippen molar-refractivity contribution in [1.82, 2.24) is 9.97 Å². The number of fused-ring (bicyclic) bond motifs is 1. The molecule has 0 aromatic carbocycles. The van der Waals surface area contributed by atoms with E-state index >= 15 is 0 Å². The predicted molar refractivity (Wildman–Crippen MR) is 72.0 cm³/mol. The zero-order chi connectivity index (χ0) is 12.5. The van der Waals surface area contributed by atoms with Crippen molar-refractivity contribution in [1.29, 1.82) is 5.26 Å². The highest BCUT2D eigenvalue weighted by Gasteiger charge is 2.17. The van der Waals surface area contributed by atoms with Gasteiger partial charge in [-0.05, 0) is 49.6 Å². The van der Waals surface area contributed by atoms with Gasteiger partial charge in [0.25, 0.3) is 0 Å². The summed E-state index contributed by atoms with van der Waals surface area (Å²) in [5.41, 5.74) is 4.09. The van der Waals surface area contributed by atoms with Crippen LogP contribution in [0.4, 0.5) is 0 Å². The molecule has 0 atom stereocenters. The normalized spacial score (nSPS) is 13.3. The molecular formula is C13H11N3S2. The fourth-order valence-corrected chi connectivity index (χ4v) is 3.89. The lowest BCUT2D eigenvalue weighted by atomic mass is 10.2. The topological polar surface area (TPSA) is 49.6 Å². The average Bonchev–Trinajstić information content (AvgIpc) is 2.97. The van der Waals surface area contributed by atoms with Crippen molar-refractivity contribution in [3.05, 3.63) is 34.0 Å². The van der Waals surface area contributed by atoms with Crippen molar-refractivity contribution < 1.29 is 0 Å². The number of hydrogen-bond donors (Lipinski definition) is 0. The third-order valence-corrected chi connectivity index (χ3v) is 4.98. The molecule has 0 bridgehead atoms. The molecule has 5 heteroatoms. The zero-order valence-corrected chi connectivity index (χ0v) is 11.6. The van der Waals surface area contributed by atoms with Crippen molar-refractivity contribution in [2.45, 2.75) is 35.6 Å². The van der Waals surface area contributed by atoms with E-state index < -0.39 is 0 Å². The number of nitrogens with zero attached hydrogens (tertiary/aromatic N) is 3. The molecule has 1 aliphatic rings. The van der Waals surface area contributed by atoms with Crippen LogP contribution in [0, 0.1) is 18.3 Å². The standard InChI is InChI=1S/C13H11N3S2/c1-8-7-17-13(15-8)18-12-10(6-14)5-9-3-2-4-11(9)16-12/h5,7H,2-4H2,1H3. The summed E-state index contributed by atoms with van der Waals surface area (Å²) in [5.74, 6) is 0. The molecule has 18 heavy (non-hydrogen) atoms. The van der Waals surface area contributed by atoms with E-state index in [1.54, 1.807) is 11.3 Å². The van der Waals surface area contributed by atoms with Gasteiger partial charge in [0, 0.05) is 16.8 Å². The van der Waals surface area contributed by atoms with Gasteiger partial charge in [-0.15, -0.1) is 11.3 Å². The summed E-state index contributed by atoms with van der Waals surface area (Å²) in [6.45, 7) is 1.97. The van der Waals surface area contributed by atoms with E-state index in [0.717, 1.165) is 40.0 Å². The molecule has 2 heterocycles. The highest BCUT2D eigenvalue weighted by molar-refractivity contribution is 8.01. The van der Waals surface area contributed by atoms with Crippen molar-refractivity contribution in [2.75, 3.05) is 0 Å². The van der Waals surface area contributed by atoms with Crippen LogP contribution >= 0.6 is 23.1 Å². The monoisotopic (exact) mass is 273 g/mol. The van der Waals surface area contributed by atoms with Gasteiger partial charge in [0.05, 0.1) is 5.56 Å². The molecule has 0 spiro atoms. The summed E-state index contributed by atoms with van der Waals surface area (Å²) < 4.78 is 0.953. The number of hydrogen-bond acceptors (Lipinski definition) is 5. The first kappa shape index (κ1) is 11.7. The van der Waals surface area contributed by atoms with Crippen LogP contribution in [0.25, 0.3) is 0 Å². The Morgan fingerprint density at radius 1 is 1.39 bits per heavy atom. The summed E-state index contributed by atoms with van der Waals surface area (Å²) in [6, 6.07) is 4.24. The van der Waals surface area contributed by atoms with Crippen molar-refractivity contribution in [3.8, 4) is 6.07 Å². The summed E-state index contributed by atoms with van der Waals surface area (Å²) in [4.78, 5) is 9.04. The molecule has 2 aromatic rings. The Kier molecular flexibility index (Phi) is 3.06. The van der Waals surface area contributed by atoms with Gasteiger partial charge >= 0.3 is 0 Å². The first-order chi connectivity index (χ1) is 8.76. The second-order valence-electron chi connectivity index (χ2n) is 4.27. The zero-order valence-electron chi connectivity index (χ0n) is 9.93. The second-order valence-corrected chi connectivity index (χ2v) is 6.36. The van der Waals surface area contributed by atoms with Gasteiger partial charge in [0.2, 0.25) is 0 Å². The average molecular weight is 273 g/mol. The van der Waals surface area contributed by atoms with Crippen LogP contribution < -0.4 is 0 Å². The van der Waals surface area contributed by atoms with Gasteiger partial charge in [0.15, 0.2) is 4.34 Å². The third-order valence-electron chi connectivity index (χ3n) is 2.92. The molecule has 0 saturated heterocycles. The summed E-state index contributed by atoms with van der Waals surface area (Å²) >= 11 is 3.10. The largest absolute Gasteiger partial charge is 0.244 e. The lowest BCUT2D eigenvalue weighted by Crippen LogP contribution is -1.94. The summed E-state index contributed by atoms with van der Waals surface area (Å²) in [7, 11) is 0. The molecule has 0 unspecified atom stereocenters. The molecule has 1 aliphatic carbocycles. The lowest BCUT2D eigenvalue weighted by molar-refractivity contribution is 0.891. The van der Waals surface area contributed by atoms with Crippen LogP contribution in [-0.4, -0.2) is 9.97 Å². The van der Waals surface area contributed by atoms with E-state index in [9.17, 15) is 5.26 Å². The van der Waals surface area contributed by atoms with Crippen LogP contribution in [0.1, 0.15) is 28.9 Å². The Labute approximate surface area is 114 Å². The van der Waals surface area contributed by atoms with E-state index in [0.29, 0.717) is 5.56 Å². The van der Waals surface area contributed by atoms with Crippen LogP contribution in [0.5, 0.6) is 0 Å². The Hall–Kier alpha value is -1.38. The number of nitriles is 1. The van der Waals surface area contributed by atoms with E-state index in [4.69, 9.17) is 0 Å². The fourth-order valence-electron chi connectivity index (χ4n) is 2.07. The minimum atomic E-state index is 0.675. The fraction of sp³-hybridized carbons (Fsp3) is 0.308. The molecular weight excluding hydrogens is 262 g/mol. The van der Waals surface area contributed by atoms with Gasteiger partial charge in [-0.25, -0.2) is 9.97 Å². The maximum absolute atomic E-state index is 9.21. The van der Waals surface area contributed by atoms with Gasteiger partial charge in [-0.3, -0.25) is 0 Å². The van der Waals surface area contributed by atoms with Crippen LogP contribution in [0.2, 0.25) is 0 Å². The molecule has 0 fully saturated rings. The lowest BCUT2D eigenvalue weighted by Gasteiger charge is -2.04. The Morgan fingerprint density at radius 2 is 2.28 bits per heavy atom. The first-order valence-corrected chi connectivity index (χ1v) is 7.49. The molecule has 90 valence electrons. The van der Waals surface area contributed by atoms with Crippen LogP contribution in [-0.2, 0) is 12.8 Å². The maximum Gasteiger partial charge on any atom is 0.156 e. The Balaban J connectivity index is 1.98. The van der Waals surface area contributed by atoms with Gasteiger partial charge in [-0.1, -0.05) is 0 Å².